The van der Waals surface area contributed by atoms with E-state index < -0.39 is 0 Å². The number of hydrogen-bond acceptors (Lipinski definition) is 7. The van der Waals surface area contributed by atoms with Crippen LogP contribution in [0.3, 0.4) is 0 Å². The lowest BCUT2D eigenvalue weighted by Gasteiger charge is -2.16. The number of halogens is 1. The molecule has 2 aromatic heterocycles. The fraction of sp³-hybridized carbons (Fsp3) is 0.350. The van der Waals surface area contributed by atoms with Gasteiger partial charge in [-0.25, -0.2) is 9.97 Å². The molecule has 0 atom stereocenters. The maximum absolute atomic E-state index is 6.13. The summed E-state index contributed by atoms with van der Waals surface area (Å²) in [6.45, 7) is 9.39. The largest absolute Gasteiger partial charge is 0.491 e. The van der Waals surface area contributed by atoms with Crippen LogP contribution >= 0.6 is 12.4 Å². The Balaban J connectivity index is 0.00000451. The predicted molar refractivity (Wildman–Crippen MR) is 206 cm³/mol. The van der Waals surface area contributed by atoms with Gasteiger partial charge in [-0.15, -0.1) is 12.4 Å². The number of hydrogen-bond donors (Lipinski definition) is 3. The van der Waals surface area contributed by atoms with Crippen LogP contribution in [0.4, 0.5) is 11.4 Å². The van der Waals surface area contributed by atoms with Crippen LogP contribution < -0.4 is 25.4 Å². The topological polar surface area (TPSA) is 80.3 Å². The van der Waals surface area contributed by atoms with Gasteiger partial charge < -0.3 is 25.4 Å². The Labute approximate surface area is 290 Å². The minimum absolute atomic E-state index is 0. The van der Waals surface area contributed by atoms with Crippen molar-refractivity contribution in [2.45, 2.75) is 52.4 Å². The van der Waals surface area contributed by atoms with Crippen LogP contribution in [0.1, 0.15) is 52.4 Å². The van der Waals surface area contributed by atoms with Gasteiger partial charge in [0.1, 0.15) is 22.5 Å². The smallest absolute Gasteiger partial charge is 0.145 e. The number of para-hydroxylation sites is 4. The van der Waals surface area contributed by atoms with Gasteiger partial charge in [-0.05, 0) is 63.0 Å². The van der Waals surface area contributed by atoms with E-state index >= 15 is 0 Å². The molecule has 0 saturated heterocycles. The Bertz CT molecular complexity index is 1790. The first kappa shape index (κ1) is 35.0. The molecule has 8 heteroatoms. The highest BCUT2D eigenvalue weighted by molar-refractivity contribution is 6.10. The van der Waals surface area contributed by atoms with E-state index in [4.69, 9.17) is 19.4 Å². The van der Waals surface area contributed by atoms with Crippen molar-refractivity contribution in [3.8, 4) is 11.5 Å². The molecule has 3 N–H and O–H groups in total. The molecule has 0 aliphatic heterocycles. The third kappa shape index (κ3) is 8.20. The molecule has 0 aliphatic rings. The van der Waals surface area contributed by atoms with Crippen molar-refractivity contribution in [3.63, 3.8) is 0 Å². The van der Waals surface area contributed by atoms with E-state index in [-0.39, 0.29) is 12.4 Å². The zero-order valence-electron chi connectivity index (χ0n) is 28.2. The Morgan fingerprint density at radius 3 is 1.40 bits per heavy atom. The van der Waals surface area contributed by atoms with Crippen molar-refractivity contribution in [2.24, 2.45) is 0 Å². The molecule has 48 heavy (non-hydrogen) atoms. The molecule has 0 amide bonds. The Kier molecular flexibility index (Phi) is 12.9. The summed E-state index contributed by atoms with van der Waals surface area (Å²) in [5.41, 5.74) is 6.07. The van der Waals surface area contributed by atoms with Crippen molar-refractivity contribution in [3.05, 3.63) is 84.9 Å². The van der Waals surface area contributed by atoms with Gasteiger partial charge in [0.25, 0.3) is 0 Å². The van der Waals surface area contributed by atoms with Gasteiger partial charge in [-0.3, -0.25) is 0 Å². The molecule has 0 spiro atoms. The van der Waals surface area contributed by atoms with E-state index in [1.165, 1.54) is 0 Å². The molecule has 6 aromatic rings. The zero-order chi connectivity index (χ0) is 32.3. The lowest BCUT2D eigenvalue weighted by Crippen LogP contribution is -2.21. The SMILES string of the molecule is CCCCOc1cccc2c(NCCCNCCCNc3c4ccccc4nc4c(OCCCC)cccc34)c3ccccc3nc12.Cl. The minimum atomic E-state index is 0. The summed E-state index contributed by atoms with van der Waals surface area (Å²) in [4.78, 5) is 9.97. The summed E-state index contributed by atoms with van der Waals surface area (Å²) >= 11 is 0. The van der Waals surface area contributed by atoms with Crippen LogP contribution in [-0.2, 0) is 0 Å². The van der Waals surface area contributed by atoms with E-state index in [0.29, 0.717) is 13.2 Å². The average Bonchev–Trinajstić information content (AvgIpc) is 3.10. The van der Waals surface area contributed by atoms with Gasteiger partial charge in [-0.2, -0.15) is 0 Å². The quantitative estimate of drug-likeness (QED) is 0.0623. The fourth-order valence-electron chi connectivity index (χ4n) is 6.02. The van der Waals surface area contributed by atoms with Gasteiger partial charge in [0, 0.05) is 34.6 Å². The first-order valence-corrected chi connectivity index (χ1v) is 17.4. The third-order valence-electron chi connectivity index (χ3n) is 8.52. The second-order valence-corrected chi connectivity index (χ2v) is 12.0. The maximum atomic E-state index is 6.13. The van der Waals surface area contributed by atoms with Gasteiger partial charge in [0.2, 0.25) is 0 Å². The monoisotopic (exact) mass is 665 g/mol. The molecule has 2 heterocycles. The number of benzene rings is 4. The Hall–Kier alpha value is -4.33. The third-order valence-corrected chi connectivity index (χ3v) is 8.52. The van der Waals surface area contributed by atoms with Gasteiger partial charge >= 0.3 is 0 Å². The van der Waals surface area contributed by atoms with Gasteiger partial charge in [0.05, 0.1) is 35.6 Å². The zero-order valence-corrected chi connectivity index (χ0v) is 29.0. The number of aromatic nitrogens is 2. The molecule has 0 aliphatic carbocycles. The first-order chi connectivity index (χ1) is 23.3. The number of nitrogens with zero attached hydrogens (tertiary/aromatic N) is 2. The highest BCUT2D eigenvalue weighted by atomic mass is 35.5. The molecule has 0 fully saturated rings. The van der Waals surface area contributed by atoms with Crippen molar-refractivity contribution in [1.82, 2.24) is 15.3 Å². The predicted octanol–water partition coefficient (Wildman–Crippen LogP) is 9.76. The molecule has 6 rings (SSSR count). The lowest BCUT2D eigenvalue weighted by molar-refractivity contribution is 0.312. The number of fused-ring (bicyclic) bond motifs is 4. The molecule has 7 nitrogen and oxygen atoms in total. The van der Waals surface area contributed by atoms with Crippen LogP contribution in [0.5, 0.6) is 11.5 Å². The van der Waals surface area contributed by atoms with E-state index in [1.54, 1.807) is 0 Å². The van der Waals surface area contributed by atoms with E-state index in [0.717, 1.165) is 131 Å². The number of ether oxygens (including phenoxy) is 2. The second kappa shape index (κ2) is 17.7. The fourth-order valence-corrected chi connectivity index (χ4v) is 6.02. The van der Waals surface area contributed by atoms with Crippen molar-refractivity contribution in [2.75, 3.05) is 50.0 Å². The van der Waals surface area contributed by atoms with Crippen LogP contribution in [-0.4, -0.2) is 49.4 Å². The summed E-state index contributed by atoms with van der Waals surface area (Å²) in [6.07, 6.45) is 6.30. The molecular weight excluding hydrogens is 618 g/mol. The van der Waals surface area contributed by atoms with Crippen molar-refractivity contribution in [1.29, 1.82) is 0 Å². The maximum Gasteiger partial charge on any atom is 0.145 e. The summed E-state index contributed by atoms with van der Waals surface area (Å²) < 4.78 is 12.3. The van der Waals surface area contributed by atoms with Gasteiger partial charge in [-0.1, -0.05) is 87.4 Å². The first-order valence-electron chi connectivity index (χ1n) is 17.4. The Morgan fingerprint density at radius 2 is 0.938 bits per heavy atom. The summed E-state index contributed by atoms with van der Waals surface area (Å²) in [6, 6.07) is 29.2. The van der Waals surface area contributed by atoms with Crippen LogP contribution in [0.15, 0.2) is 84.9 Å². The number of unbranched alkanes of at least 4 members (excludes halogenated alkanes) is 2. The standard InChI is InChI=1S/C40H47N5O2.ClH/c1-3-5-27-46-35-21-11-17-31-37(29-15-7-9-19-33(29)44-39(31)35)42-25-13-23-41-24-14-26-43-38-30-16-8-10-20-34(30)45-40-32(38)18-12-22-36(40)47-28-6-4-2;/h7-12,15-22,41H,3-6,13-14,23-28H2,1-2H3,(H,42,44)(H,43,45);1H. The van der Waals surface area contributed by atoms with E-state index in [9.17, 15) is 0 Å². The van der Waals surface area contributed by atoms with Crippen LogP contribution in [0.2, 0.25) is 0 Å². The van der Waals surface area contributed by atoms with Crippen molar-refractivity contribution >= 4 is 67.4 Å². The second-order valence-electron chi connectivity index (χ2n) is 12.0. The number of rotatable bonds is 18. The van der Waals surface area contributed by atoms with Crippen molar-refractivity contribution < 1.29 is 9.47 Å². The van der Waals surface area contributed by atoms with E-state index in [2.05, 4.69) is 90.5 Å². The summed E-state index contributed by atoms with van der Waals surface area (Å²) in [5, 5.41) is 15.6. The number of pyridine rings is 2. The molecule has 0 bridgehead atoms. The Morgan fingerprint density at radius 1 is 0.500 bits per heavy atom. The molecular formula is C40H48ClN5O2. The molecule has 0 unspecified atom stereocenters. The summed E-state index contributed by atoms with van der Waals surface area (Å²) in [5.74, 6) is 1.71. The molecule has 0 radical (unpaired) electrons. The van der Waals surface area contributed by atoms with E-state index in [1.807, 2.05) is 24.3 Å². The normalized spacial score (nSPS) is 11.2. The highest BCUT2D eigenvalue weighted by Crippen LogP contribution is 2.36. The average molecular weight is 666 g/mol. The van der Waals surface area contributed by atoms with Crippen LogP contribution in [0.25, 0.3) is 43.6 Å². The molecule has 252 valence electrons. The lowest BCUT2D eigenvalue weighted by atomic mass is 10.1. The molecule has 4 aromatic carbocycles. The minimum Gasteiger partial charge on any atom is -0.491 e. The van der Waals surface area contributed by atoms with Gasteiger partial charge in [0.15, 0.2) is 0 Å². The molecule has 0 saturated carbocycles. The van der Waals surface area contributed by atoms with Crippen LogP contribution in [0, 0.1) is 0 Å². The highest BCUT2D eigenvalue weighted by Gasteiger charge is 2.14. The number of anilines is 2. The number of nitrogens with one attached hydrogen (secondary N) is 3. The summed E-state index contributed by atoms with van der Waals surface area (Å²) in [7, 11) is 0.